The van der Waals surface area contributed by atoms with Gasteiger partial charge >= 0.3 is 0 Å². The van der Waals surface area contributed by atoms with Crippen LogP contribution >= 0.6 is 0 Å². The first-order chi connectivity index (χ1) is 10.1. The van der Waals surface area contributed by atoms with Gasteiger partial charge in [-0.25, -0.2) is 8.78 Å². The second kappa shape index (κ2) is 7.88. The lowest BCUT2D eigenvalue weighted by Crippen LogP contribution is -2.31. The van der Waals surface area contributed by atoms with Gasteiger partial charge < -0.3 is 5.32 Å². The van der Waals surface area contributed by atoms with Crippen molar-refractivity contribution in [1.82, 2.24) is 5.32 Å². The second-order valence-corrected chi connectivity index (χ2v) is 6.32. The van der Waals surface area contributed by atoms with E-state index in [2.05, 4.69) is 19.2 Å². The first-order valence-electron chi connectivity index (χ1n) is 8.33. The molecule has 0 bridgehead atoms. The summed E-state index contributed by atoms with van der Waals surface area (Å²) in [5, 5.41) is 3.51. The highest BCUT2D eigenvalue weighted by Gasteiger charge is 2.28. The van der Waals surface area contributed by atoms with Crippen molar-refractivity contribution >= 4 is 0 Å². The molecule has 0 heterocycles. The average molecular weight is 295 g/mol. The van der Waals surface area contributed by atoms with Crippen LogP contribution in [0.15, 0.2) is 18.2 Å². The molecule has 1 aliphatic carbocycles. The van der Waals surface area contributed by atoms with Crippen LogP contribution in [0.25, 0.3) is 0 Å². The molecular weight excluding hydrogens is 268 g/mol. The predicted octanol–water partition coefficient (Wildman–Crippen LogP) is 5.22. The Balaban J connectivity index is 2.14. The van der Waals surface area contributed by atoms with E-state index in [-0.39, 0.29) is 6.04 Å². The van der Waals surface area contributed by atoms with E-state index in [1.54, 1.807) is 0 Å². The molecule has 1 unspecified atom stereocenters. The van der Waals surface area contributed by atoms with Crippen molar-refractivity contribution in [3.8, 4) is 0 Å². The molecule has 2 rings (SSSR count). The second-order valence-electron chi connectivity index (χ2n) is 6.32. The highest BCUT2D eigenvalue weighted by molar-refractivity contribution is 5.22. The summed E-state index contributed by atoms with van der Waals surface area (Å²) >= 11 is 0. The van der Waals surface area contributed by atoms with Gasteiger partial charge in [0.25, 0.3) is 0 Å². The van der Waals surface area contributed by atoms with Gasteiger partial charge in [-0.05, 0) is 55.3 Å². The standard InChI is InChI=1S/C18H27F2N/c1-3-9-21-18(14-7-5-13(4-2)6-8-14)15-10-16(19)12-17(20)11-15/h10-14,18,21H,3-9H2,1-2H3. The Hall–Kier alpha value is -0.960. The van der Waals surface area contributed by atoms with Crippen LogP contribution < -0.4 is 5.32 Å². The van der Waals surface area contributed by atoms with Crippen molar-refractivity contribution in [2.24, 2.45) is 11.8 Å². The SMILES string of the molecule is CCCNC(c1cc(F)cc(F)c1)C1CCC(CC)CC1. The molecule has 0 spiro atoms. The summed E-state index contributed by atoms with van der Waals surface area (Å²) in [7, 11) is 0. The smallest absolute Gasteiger partial charge is 0.126 e. The molecule has 1 nitrogen and oxygen atoms in total. The quantitative estimate of drug-likeness (QED) is 0.758. The third kappa shape index (κ3) is 4.50. The van der Waals surface area contributed by atoms with Crippen LogP contribution in [-0.4, -0.2) is 6.54 Å². The number of benzene rings is 1. The largest absolute Gasteiger partial charge is 0.310 e. The van der Waals surface area contributed by atoms with Gasteiger partial charge in [0.2, 0.25) is 0 Å². The minimum atomic E-state index is -0.476. The van der Waals surface area contributed by atoms with Crippen molar-refractivity contribution in [3.63, 3.8) is 0 Å². The Morgan fingerprint density at radius 1 is 1.05 bits per heavy atom. The fourth-order valence-corrected chi connectivity index (χ4v) is 3.54. The summed E-state index contributed by atoms with van der Waals surface area (Å²) in [6.45, 7) is 5.25. The number of hydrogen-bond donors (Lipinski definition) is 1. The molecule has 1 saturated carbocycles. The third-order valence-electron chi connectivity index (χ3n) is 4.80. The lowest BCUT2D eigenvalue weighted by molar-refractivity contribution is 0.218. The lowest BCUT2D eigenvalue weighted by atomic mass is 9.76. The molecule has 0 amide bonds. The van der Waals surface area contributed by atoms with Crippen LogP contribution in [0.5, 0.6) is 0 Å². The normalized spacial score (nSPS) is 24.0. The fraction of sp³-hybridized carbons (Fsp3) is 0.667. The molecule has 0 saturated heterocycles. The summed E-state index contributed by atoms with van der Waals surface area (Å²) in [6, 6.07) is 4.01. The van der Waals surface area contributed by atoms with E-state index in [0.717, 1.165) is 43.4 Å². The maximum Gasteiger partial charge on any atom is 0.126 e. The summed E-state index contributed by atoms with van der Waals surface area (Å²) in [4.78, 5) is 0. The molecule has 1 aromatic carbocycles. The van der Waals surface area contributed by atoms with Gasteiger partial charge in [0, 0.05) is 12.1 Å². The first-order valence-corrected chi connectivity index (χ1v) is 8.33. The van der Waals surface area contributed by atoms with Gasteiger partial charge in [-0.15, -0.1) is 0 Å². The van der Waals surface area contributed by atoms with Crippen molar-refractivity contribution < 1.29 is 8.78 Å². The Bertz CT molecular complexity index is 419. The minimum absolute atomic E-state index is 0.0768. The molecule has 3 heteroatoms. The molecule has 1 aliphatic rings. The molecule has 1 atom stereocenters. The predicted molar refractivity (Wildman–Crippen MR) is 83.1 cm³/mol. The van der Waals surface area contributed by atoms with E-state index in [4.69, 9.17) is 0 Å². The van der Waals surface area contributed by atoms with Crippen LogP contribution in [0.1, 0.15) is 64.0 Å². The molecule has 1 aromatic rings. The Morgan fingerprint density at radius 3 is 2.19 bits per heavy atom. The number of nitrogens with one attached hydrogen (secondary N) is 1. The number of rotatable bonds is 6. The van der Waals surface area contributed by atoms with Crippen LogP contribution in [0.3, 0.4) is 0 Å². The van der Waals surface area contributed by atoms with Crippen molar-refractivity contribution in [3.05, 3.63) is 35.4 Å². The highest BCUT2D eigenvalue weighted by Crippen LogP contribution is 2.38. The molecule has 0 aliphatic heterocycles. The van der Waals surface area contributed by atoms with Crippen LogP contribution in [0.2, 0.25) is 0 Å². The van der Waals surface area contributed by atoms with Crippen molar-refractivity contribution in [2.45, 2.75) is 58.4 Å². The molecule has 118 valence electrons. The molecule has 0 aromatic heterocycles. The van der Waals surface area contributed by atoms with Gasteiger partial charge in [0.15, 0.2) is 0 Å². The van der Waals surface area contributed by atoms with Gasteiger partial charge in [0.05, 0.1) is 0 Å². The maximum atomic E-state index is 13.5. The highest BCUT2D eigenvalue weighted by atomic mass is 19.1. The first kappa shape index (κ1) is 16.4. The molecule has 21 heavy (non-hydrogen) atoms. The number of halogens is 2. The van der Waals surface area contributed by atoms with E-state index in [9.17, 15) is 8.78 Å². The summed E-state index contributed by atoms with van der Waals surface area (Å²) < 4.78 is 27.1. The van der Waals surface area contributed by atoms with E-state index in [1.165, 1.54) is 31.4 Å². The molecular formula is C18H27F2N. The van der Waals surface area contributed by atoms with Crippen LogP contribution in [-0.2, 0) is 0 Å². The zero-order valence-electron chi connectivity index (χ0n) is 13.2. The summed E-state index contributed by atoms with van der Waals surface area (Å²) in [5.41, 5.74) is 0.765. The molecule has 1 N–H and O–H groups in total. The minimum Gasteiger partial charge on any atom is -0.310 e. The van der Waals surface area contributed by atoms with Crippen LogP contribution in [0, 0.1) is 23.5 Å². The fourth-order valence-electron chi connectivity index (χ4n) is 3.54. The van der Waals surface area contributed by atoms with E-state index in [1.807, 2.05) is 0 Å². The van der Waals surface area contributed by atoms with E-state index in [0.29, 0.717) is 5.92 Å². The third-order valence-corrected chi connectivity index (χ3v) is 4.80. The lowest BCUT2D eigenvalue weighted by Gasteiger charge is -2.34. The van der Waals surface area contributed by atoms with Gasteiger partial charge in [-0.1, -0.05) is 33.1 Å². The maximum absolute atomic E-state index is 13.5. The topological polar surface area (TPSA) is 12.0 Å². The van der Waals surface area contributed by atoms with E-state index < -0.39 is 11.6 Å². The van der Waals surface area contributed by atoms with Gasteiger partial charge in [-0.2, -0.15) is 0 Å². The molecule has 1 fully saturated rings. The Morgan fingerprint density at radius 2 is 1.67 bits per heavy atom. The van der Waals surface area contributed by atoms with Gasteiger partial charge in [0.1, 0.15) is 11.6 Å². The van der Waals surface area contributed by atoms with Crippen LogP contribution in [0.4, 0.5) is 8.78 Å². The summed E-state index contributed by atoms with van der Waals surface area (Å²) in [5.74, 6) is 0.365. The van der Waals surface area contributed by atoms with Crippen molar-refractivity contribution in [1.29, 1.82) is 0 Å². The average Bonchev–Trinajstić information content (AvgIpc) is 2.47. The Labute approximate surface area is 127 Å². The monoisotopic (exact) mass is 295 g/mol. The van der Waals surface area contributed by atoms with Gasteiger partial charge in [-0.3, -0.25) is 0 Å². The summed E-state index contributed by atoms with van der Waals surface area (Å²) in [6.07, 6.45) is 7.05. The van der Waals surface area contributed by atoms with Crippen molar-refractivity contribution in [2.75, 3.05) is 6.54 Å². The Kier molecular flexibility index (Phi) is 6.16. The number of hydrogen-bond acceptors (Lipinski definition) is 1. The van der Waals surface area contributed by atoms with E-state index >= 15 is 0 Å². The zero-order chi connectivity index (χ0) is 15.2. The zero-order valence-corrected chi connectivity index (χ0v) is 13.2. The molecule has 0 radical (unpaired) electrons.